The van der Waals surface area contributed by atoms with Crippen molar-refractivity contribution in [2.75, 3.05) is 11.9 Å². The molecular formula is C19H17F4N6O3-. The summed E-state index contributed by atoms with van der Waals surface area (Å²) in [6.45, 7) is -0.400. The molecule has 2 aromatic rings. The van der Waals surface area contributed by atoms with E-state index in [1.807, 2.05) is 0 Å². The molecule has 0 saturated carbocycles. The number of anilines is 2. The number of carboxylic acid groups (broad SMARTS) is 1. The fraction of sp³-hybridized carbons (Fsp3) is 0.368. The highest BCUT2D eigenvalue weighted by molar-refractivity contribution is 5.98. The predicted molar refractivity (Wildman–Crippen MR) is 99.8 cm³/mol. The maximum atomic E-state index is 13.2. The van der Waals surface area contributed by atoms with Gasteiger partial charge in [-0.05, 0) is 30.7 Å². The number of hydrogen-bond donors (Lipinski definition) is 2. The van der Waals surface area contributed by atoms with Crippen molar-refractivity contribution in [2.45, 2.75) is 37.0 Å². The van der Waals surface area contributed by atoms with Crippen LogP contribution in [0.5, 0.6) is 0 Å². The molecule has 1 aromatic heterocycles. The van der Waals surface area contributed by atoms with Crippen LogP contribution in [0.2, 0.25) is 0 Å². The number of nitrogens with two attached hydrogens (primary N) is 1. The average molecular weight is 453 g/mol. The molecule has 3 N–H and O–H groups in total. The third-order valence-electron chi connectivity index (χ3n) is 5.18. The number of halogens is 4. The van der Waals surface area contributed by atoms with E-state index in [4.69, 9.17) is 5.73 Å². The first-order valence-corrected chi connectivity index (χ1v) is 9.32. The lowest BCUT2D eigenvalue weighted by Crippen LogP contribution is -2.60. The average Bonchev–Trinajstić information content (AvgIpc) is 3.12. The molecule has 0 radical (unpaired) electrons. The molecule has 1 fully saturated rings. The number of likely N-dealkylation sites (tertiary alicyclic amines) is 1. The highest BCUT2D eigenvalue weighted by Crippen LogP contribution is 2.41. The molecule has 2 amide bonds. The minimum Gasteiger partial charge on any atom is -0.530 e. The Morgan fingerprint density at radius 3 is 2.53 bits per heavy atom. The number of amides is 2. The minimum atomic E-state index is -4.82. The summed E-state index contributed by atoms with van der Waals surface area (Å²) < 4.78 is 53.8. The number of carbonyl (C=O) groups excluding carboxylic acids is 2. The van der Waals surface area contributed by atoms with E-state index in [-0.39, 0.29) is 17.8 Å². The zero-order valence-electron chi connectivity index (χ0n) is 16.4. The van der Waals surface area contributed by atoms with Gasteiger partial charge in [-0.3, -0.25) is 9.48 Å². The molecule has 9 nitrogen and oxygen atoms in total. The van der Waals surface area contributed by atoms with E-state index in [1.165, 1.54) is 29.1 Å². The van der Waals surface area contributed by atoms with Gasteiger partial charge in [0.1, 0.15) is 23.0 Å². The molecule has 1 aliphatic heterocycles. The van der Waals surface area contributed by atoms with Crippen molar-refractivity contribution in [1.82, 2.24) is 14.7 Å². The Hall–Kier alpha value is -3.82. The normalized spacial score (nSPS) is 21.1. The fourth-order valence-electron chi connectivity index (χ4n) is 3.75. The Morgan fingerprint density at radius 1 is 1.34 bits per heavy atom. The maximum absolute atomic E-state index is 13.2. The first kappa shape index (κ1) is 22.9. The molecular weight excluding hydrogens is 436 g/mol. The smallest absolute Gasteiger partial charge is 0.392 e. The van der Waals surface area contributed by atoms with Gasteiger partial charge in [-0.25, -0.2) is 4.39 Å². The first-order chi connectivity index (χ1) is 14.9. The SMILES string of the molecule is N#CC1(CC(F)(F)F)CC(n2cc(C(N)=O)c(Nc3ccc(F)cc3)n2)CCN1C(=O)[O-]. The summed E-state index contributed by atoms with van der Waals surface area (Å²) in [4.78, 5) is 23.6. The van der Waals surface area contributed by atoms with Crippen LogP contribution in [-0.2, 0) is 0 Å². The molecule has 0 bridgehead atoms. The van der Waals surface area contributed by atoms with Crippen LogP contribution in [0.1, 0.15) is 35.7 Å². The molecule has 170 valence electrons. The Labute approximate surface area is 179 Å². The lowest BCUT2D eigenvalue weighted by Gasteiger charge is -2.46. The van der Waals surface area contributed by atoms with Crippen LogP contribution in [0.15, 0.2) is 30.5 Å². The van der Waals surface area contributed by atoms with Gasteiger partial charge in [0.2, 0.25) is 0 Å². The van der Waals surface area contributed by atoms with Gasteiger partial charge in [0.05, 0.1) is 18.5 Å². The summed E-state index contributed by atoms with van der Waals surface area (Å²) in [6, 6.07) is 5.74. The number of piperidine rings is 1. The molecule has 1 aromatic carbocycles. The van der Waals surface area contributed by atoms with Crippen LogP contribution in [0.25, 0.3) is 0 Å². The second-order valence-electron chi connectivity index (χ2n) is 7.37. The topological polar surface area (TPSA) is 140 Å². The van der Waals surface area contributed by atoms with Crippen LogP contribution in [0.3, 0.4) is 0 Å². The monoisotopic (exact) mass is 453 g/mol. The fourth-order valence-corrected chi connectivity index (χ4v) is 3.75. The molecule has 3 rings (SSSR count). The molecule has 1 aliphatic rings. The van der Waals surface area contributed by atoms with Gasteiger partial charge in [0.25, 0.3) is 5.91 Å². The second-order valence-corrected chi connectivity index (χ2v) is 7.37. The molecule has 2 heterocycles. The molecule has 0 spiro atoms. The van der Waals surface area contributed by atoms with Gasteiger partial charge in [-0.1, -0.05) is 0 Å². The maximum Gasteiger partial charge on any atom is 0.392 e. The van der Waals surface area contributed by atoms with Gasteiger partial charge >= 0.3 is 6.18 Å². The van der Waals surface area contributed by atoms with Crippen molar-refractivity contribution in [3.05, 3.63) is 41.8 Å². The van der Waals surface area contributed by atoms with E-state index in [1.54, 1.807) is 0 Å². The lowest BCUT2D eigenvalue weighted by molar-refractivity contribution is -0.275. The number of hydrogen-bond acceptors (Lipinski definition) is 6. The zero-order valence-corrected chi connectivity index (χ0v) is 16.4. The molecule has 2 atom stereocenters. The Morgan fingerprint density at radius 2 is 2.00 bits per heavy atom. The summed E-state index contributed by atoms with van der Waals surface area (Å²) in [5.41, 5.74) is 3.24. The van der Waals surface area contributed by atoms with Crippen molar-refractivity contribution in [3.63, 3.8) is 0 Å². The number of aromatic nitrogens is 2. The van der Waals surface area contributed by atoms with Crippen LogP contribution in [-0.4, -0.2) is 44.9 Å². The third kappa shape index (κ3) is 4.74. The number of primary amides is 1. The van der Waals surface area contributed by atoms with Crippen molar-refractivity contribution < 1.29 is 32.3 Å². The van der Waals surface area contributed by atoms with Crippen LogP contribution >= 0.6 is 0 Å². The number of nitriles is 1. The molecule has 13 heteroatoms. The Kier molecular flexibility index (Phi) is 5.98. The van der Waals surface area contributed by atoms with E-state index in [2.05, 4.69) is 10.4 Å². The van der Waals surface area contributed by atoms with E-state index in [0.29, 0.717) is 10.6 Å². The van der Waals surface area contributed by atoms with E-state index in [0.717, 1.165) is 12.1 Å². The van der Waals surface area contributed by atoms with Gasteiger partial charge < -0.3 is 25.9 Å². The van der Waals surface area contributed by atoms with Crippen molar-refractivity contribution in [2.24, 2.45) is 5.73 Å². The summed E-state index contributed by atoms with van der Waals surface area (Å²) in [7, 11) is 0. The van der Waals surface area contributed by atoms with Crippen LogP contribution in [0.4, 0.5) is 33.9 Å². The van der Waals surface area contributed by atoms with Crippen LogP contribution < -0.4 is 16.2 Å². The third-order valence-corrected chi connectivity index (χ3v) is 5.18. The van der Waals surface area contributed by atoms with Gasteiger partial charge in [0.15, 0.2) is 5.82 Å². The van der Waals surface area contributed by atoms with E-state index in [9.17, 15) is 37.5 Å². The second kappa shape index (κ2) is 8.37. The number of benzene rings is 1. The van der Waals surface area contributed by atoms with Crippen molar-refractivity contribution >= 4 is 23.5 Å². The molecule has 0 aliphatic carbocycles. The van der Waals surface area contributed by atoms with Crippen LogP contribution in [0, 0.1) is 17.1 Å². The van der Waals surface area contributed by atoms with E-state index < -0.39 is 55.0 Å². The quantitative estimate of drug-likeness (QED) is 0.664. The highest BCUT2D eigenvalue weighted by atomic mass is 19.4. The summed E-state index contributed by atoms with van der Waals surface area (Å²) in [6.07, 6.45) is -7.69. The summed E-state index contributed by atoms with van der Waals surface area (Å²) in [5, 5.41) is 27.9. The Bertz CT molecular complexity index is 1060. The number of rotatable bonds is 5. The summed E-state index contributed by atoms with van der Waals surface area (Å²) in [5.74, 6) is -1.40. The highest BCUT2D eigenvalue weighted by Gasteiger charge is 2.51. The number of nitrogens with one attached hydrogen (secondary N) is 1. The van der Waals surface area contributed by atoms with Gasteiger partial charge in [-0.2, -0.15) is 23.5 Å². The number of carbonyl (C=O) groups is 2. The van der Waals surface area contributed by atoms with E-state index >= 15 is 0 Å². The molecule has 1 saturated heterocycles. The zero-order chi connectivity index (χ0) is 23.7. The van der Waals surface area contributed by atoms with Crippen molar-refractivity contribution in [1.29, 1.82) is 5.26 Å². The predicted octanol–water partition coefficient (Wildman–Crippen LogP) is 2.06. The van der Waals surface area contributed by atoms with Gasteiger partial charge in [0, 0.05) is 24.8 Å². The minimum absolute atomic E-state index is 0.0190. The molecule has 2 unspecified atom stereocenters. The van der Waals surface area contributed by atoms with Gasteiger partial charge in [-0.15, -0.1) is 0 Å². The summed E-state index contributed by atoms with van der Waals surface area (Å²) >= 11 is 0. The first-order valence-electron chi connectivity index (χ1n) is 9.32. The molecule has 32 heavy (non-hydrogen) atoms. The Balaban J connectivity index is 1.95. The van der Waals surface area contributed by atoms with Crippen molar-refractivity contribution in [3.8, 4) is 6.07 Å². The largest absolute Gasteiger partial charge is 0.530 e. The lowest BCUT2D eigenvalue weighted by atomic mass is 9.82. The number of alkyl halides is 3. The standard InChI is InChI=1S/C19H18F4N6O3/c20-11-1-3-12(4-2-11)26-16-14(15(25)30)8-29(27-16)13-5-6-28(17(31)32)18(7-13,10-24)9-19(21,22)23/h1-4,8,13H,5-7,9H2,(H2,25,30)(H,26,27)(H,31,32)/p-1. The number of nitrogens with zero attached hydrogens (tertiary/aromatic N) is 4.